The first-order valence-electron chi connectivity index (χ1n) is 10.2. The zero-order valence-electron chi connectivity index (χ0n) is 17.2. The van der Waals surface area contributed by atoms with E-state index in [1.807, 2.05) is 50.3 Å². The smallest absolute Gasteiger partial charge is 0.161 e. The summed E-state index contributed by atoms with van der Waals surface area (Å²) in [5, 5.41) is 17.0. The van der Waals surface area contributed by atoms with Gasteiger partial charge in [-0.2, -0.15) is 0 Å². The molecule has 0 saturated heterocycles. The number of hydrogen-bond donors (Lipinski definition) is 3. The van der Waals surface area contributed by atoms with Crippen molar-refractivity contribution in [1.29, 1.82) is 0 Å². The number of rotatable bonds is 3. The molecule has 0 aliphatic carbocycles. The predicted molar refractivity (Wildman–Crippen MR) is 120 cm³/mol. The van der Waals surface area contributed by atoms with Crippen molar-refractivity contribution >= 4 is 11.9 Å². The Kier molecular flexibility index (Phi) is 7.42. The Balaban J connectivity index is 0.00000124. The van der Waals surface area contributed by atoms with Crippen molar-refractivity contribution < 1.29 is 9.50 Å². The van der Waals surface area contributed by atoms with E-state index in [4.69, 9.17) is 0 Å². The number of nitrogens with zero attached hydrogens (tertiary/aromatic N) is 1. The highest BCUT2D eigenvalue weighted by atomic mass is 19.1. The van der Waals surface area contributed by atoms with Crippen LogP contribution in [0.5, 0.6) is 0 Å². The van der Waals surface area contributed by atoms with Crippen molar-refractivity contribution in [1.82, 2.24) is 10.6 Å². The summed E-state index contributed by atoms with van der Waals surface area (Å²) in [6.07, 6.45) is 3.38. The topological polar surface area (TPSA) is 56.6 Å². The molecule has 0 saturated carbocycles. The van der Waals surface area contributed by atoms with Crippen molar-refractivity contribution in [3.63, 3.8) is 0 Å². The highest BCUT2D eigenvalue weighted by molar-refractivity contribution is 5.80. The number of dihydropyridines is 1. The first-order chi connectivity index (χ1) is 14.7. The van der Waals surface area contributed by atoms with Gasteiger partial charge in [-0.15, -0.1) is 0 Å². The predicted octanol–water partition coefficient (Wildman–Crippen LogP) is 4.18. The van der Waals surface area contributed by atoms with Crippen LogP contribution >= 0.6 is 0 Å². The van der Waals surface area contributed by atoms with E-state index < -0.39 is 6.10 Å². The fraction of sp³-hybridized carbons (Fsp3) is 0.240. The van der Waals surface area contributed by atoms with Gasteiger partial charge < -0.3 is 15.7 Å². The van der Waals surface area contributed by atoms with Crippen molar-refractivity contribution in [2.24, 2.45) is 4.99 Å². The molecule has 30 heavy (non-hydrogen) atoms. The van der Waals surface area contributed by atoms with E-state index in [0.29, 0.717) is 0 Å². The van der Waals surface area contributed by atoms with E-state index in [9.17, 15) is 9.50 Å². The standard InChI is InChI=1S/C23H20FN3O.C2H6/c24-19-8-6-17(7-9-19)22-23(18-12-14-25-15-13-18)27-21(26-22)11-10-20(28)16-4-2-1-3-5-16;1-2/h1-9,12,14,20-21,26-28H,13,15H2;1-2H3. The van der Waals surface area contributed by atoms with Crippen LogP contribution in [0.2, 0.25) is 0 Å². The third kappa shape index (κ3) is 5.16. The molecule has 0 fully saturated rings. The van der Waals surface area contributed by atoms with Crippen LogP contribution in [-0.2, 0) is 0 Å². The van der Waals surface area contributed by atoms with Crippen LogP contribution in [0.1, 0.15) is 37.5 Å². The number of halogens is 1. The lowest BCUT2D eigenvalue weighted by atomic mass is 10.0. The van der Waals surface area contributed by atoms with E-state index >= 15 is 0 Å². The molecule has 0 amide bonds. The molecular formula is C25H26FN3O. The average Bonchev–Trinajstić information content (AvgIpc) is 3.25. The van der Waals surface area contributed by atoms with Crippen LogP contribution in [0.15, 0.2) is 76.9 Å². The lowest BCUT2D eigenvalue weighted by Crippen LogP contribution is -2.31. The molecule has 0 aromatic heterocycles. The lowest BCUT2D eigenvalue weighted by molar-refractivity contribution is 0.238. The van der Waals surface area contributed by atoms with Gasteiger partial charge in [-0.1, -0.05) is 56.0 Å². The molecule has 3 N–H and O–H groups in total. The molecule has 4 nitrogen and oxygen atoms in total. The SMILES string of the molecule is CC.OC(C#CC1NC(C2=CC=NCC2)=C(c2ccc(F)cc2)N1)c1ccccc1. The number of aliphatic imine (C=N–C) groups is 1. The molecule has 5 heteroatoms. The highest BCUT2D eigenvalue weighted by Crippen LogP contribution is 2.27. The first-order valence-corrected chi connectivity index (χ1v) is 10.2. The zero-order chi connectivity index (χ0) is 21.3. The Morgan fingerprint density at radius 3 is 2.40 bits per heavy atom. The van der Waals surface area contributed by atoms with Gasteiger partial charge in [-0.25, -0.2) is 4.39 Å². The molecule has 0 radical (unpaired) electrons. The van der Waals surface area contributed by atoms with E-state index in [1.165, 1.54) is 12.1 Å². The van der Waals surface area contributed by atoms with Crippen LogP contribution < -0.4 is 10.6 Å². The quantitative estimate of drug-likeness (QED) is 0.674. The van der Waals surface area contributed by atoms with E-state index in [1.54, 1.807) is 18.3 Å². The van der Waals surface area contributed by atoms with Crippen molar-refractivity contribution in [3.05, 3.63) is 88.9 Å². The molecule has 2 heterocycles. The van der Waals surface area contributed by atoms with Crippen LogP contribution in [0.4, 0.5) is 4.39 Å². The van der Waals surface area contributed by atoms with Crippen molar-refractivity contribution in [2.45, 2.75) is 32.5 Å². The number of aliphatic hydroxyl groups is 1. The maximum atomic E-state index is 13.3. The van der Waals surface area contributed by atoms with Crippen molar-refractivity contribution in [3.8, 4) is 11.8 Å². The van der Waals surface area contributed by atoms with Gasteiger partial charge in [0.15, 0.2) is 6.17 Å². The Morgan fingerprint density at radius 1 is 1.03 bits per heavy atom. The summed E-state index contributed by atoms with van der Waals surface area (Å²) < 4.78 is 13.3. The summed E-state index contributed by atoms with van der Waals surface area (Å²) in [6.45, 7) is 4.73. The maximum absolute atomic E-state index is 13.3. The lowest BCUT2D eigenvalue weighted by Gasteiger charge is -2.12. The molecular weight excluding hydrogens is 377 g/mol. The second kappa shape index (κ2) is 10.4. The monoisotopic (exact) mass is 403 g/mol. The second-order valence-electron chi connectivity index (χ2n) is 6.58. The minimum absolute atomic E-state index is 0.275. The van der Waals surface area contributed by atoms with Crippen molar-refractivity contribution in [2.75, 3.05) is 6.54 Å². The fourth-order valence-corrected chi connectivity index (χ4v) is 3.21. The summed E-state index contributed by atoms with van der Waals surface area (Å²) in [4.78, 5) is 4.24. The zero-order valence-corrected chi connectivity index (χ0v) is 17.2. The first kappa shape index (κ1) is 21.4. The maximum Gasteiger partial charge on any atom is 0.161 e. The second-order valence-corrected chi connectivity index (χ2v) is 6.58. The molecule has 4 rings (SSSR count). The van der Waals surface area contributed by atoms with Crippen LogP contribution in [0, 0.1) is 17.7 Å². The number of hydrogen-bond acceptors (Lipinski definition) is 4. The summed E-state index contributed by atoms with van der Waals surface area (Å²) in [7, 11) is 0. The van der Waals surface area contributed by atoms with Gasteiger partial charge in [0.1, 0.15) is 11.9 Å². The summed E-state index contributed by atoms with van der Waals surface area (Å²) in [5.41, 5.74) is 4.56. The van der Waals surface area contributed by atoms with Gasteiger partial charge in [0.2, 0.25) is 0 Å². The summed E-state index contributed by atoms with van der Waals surface area (Å²) in [6, 6.07) is 15.7. The van der Waals surface area contributed by atoms with Gasteiger partial charge in [0.25, 0.3) is 0 Å². The third-order valence-electron chi connectivity index (χ3n) is 4.65. The Morgan fingerprint density at radius 2 is 1.73 bits per heavy atom. The third-order valence-corrected chi connectivity index (χ3v) is 4.65. The molecule has 2 aliphatic heterocycles. The van der Waals surface area contributed by atoms with Gasteiger partial charge in [-0.05, 0) is 47.9 Å². The normalized spacial score (nSPS) is 18.1. The highest BCUT2D eigenvalue weighted by Gasteiger charge is 2.25. The van der Waals surface area contributed by atoms with Gasteiger partial charge >= 0.3 is 0 Å². The van der Waals surface area contributed by atoms with Gasteiger partial charge in [0.05, 0.1) is 11.4 Å². The minimum Gasteiger partial charge on any atom is -0.376 e. The van der Waals surface area contributed by atoms with Crippen LogP contribution in [0.25, 0.3) is 5.70 Å². The molecule has 0 spiro atoms. The number of nitrogens with one attached hydrogen (secondary N) is 2. The molecule has 2 unspecified atom stereocenters. The van der Waals surface area contributed by atoms with Crippen LogP contribution in [0.3, 0.4) is 0 Å². The Bertz CT molecular complexity index is 998. The molecule has 2 aromatic rings. The number of benzene rings is 2. The average molecular weight is 404 g/mol. The fourth-order valence-electron chi connectivity index (χ4n) is 3.21. The Hall–Kier alpha value is -3.36. The summed E-state index contributed by atoms with van der Waals surface area (Å²) >= 11 is 0. The number of aliphatic hydroxyl groups excluding tert-OH is 1. The Labute approximate surface area is 177 Å². The van der Waals surface area contributed by atoms with E-state index in [2.05, 4.69) is 27.5 Å². The summed E-state index contributed by atoms with van der Waals surface area (Å²) in [5.74, 6) is 5.68. The molecule has 154 valence electrons. The molecule has 2 aliphatic rings. The van der Waals surface area contributed by atoms with Gasteiger partial charge in [0, 0.05) is 18.3 Å². The molecule has 2 atom stereocenters. The van der Waals surface area contributed by atoms with Gasteiger partial charge in [-0.3, -0.25) is 4.99 Å². The van der Waals surface area contributed by atoms with E-state index in [0.717, 1.165) is 41.1 Å². The largest absolute Gasteiger partial charge is 0.376 e. The minimum atomic E-state index is -0.857. The molecule has 2 aromatic carbocycles. The van der Waals surface area contributed by atoms with E-state index in [-0.39, 0.29) is 12.0 Å². The van der Waals surface area contributed by atoms with Crippen LogP contribution in [-0.4, -0.2) is 24.0 Å². The number of allylic oxidation sites excluding steroid dienone is 2. The molecule has 0 bridgehead atoms.